The summed E-state index contributed by atoms with van der Waals surface area (Å²) in [7, 11) is 0. The van der Waals surface area contributed by atoms with Gasteiger partial charge in [-0.25, -0.2) is 13.8 Å². The second-order valence-corrected chi connectivity index (χ2v) is 8.84. The highest BCUT2D eigenvalue weighted by Crippen LogP contribution is 2.26. The van der Waals surface area contributed by atoms with Gasteiger partial charge in [0.15, 0.2) is 24.0 Å². The number of nitrogens with two attached hydrogens (primary N) is 1. The van der Waals surface area contributed by atoms with Crippen molar-refractivity contribution in [2.75, 3.05) is 24.2 Å². The molecule has 1 heterocycles. The lowest BCUT2D eigenvalue weighted by molar-refractivity contribution is -0.151. The van der Waals surface area contributed by atoms with Gasteiger partial charge in [0.05, 0.1) is 10.7 Å². The fourth-order valence-corrected chi connectivity index (χ4v) is 3.52. The third kappa shape index (κ3) is 7.14. The number of halogens is 5. The molecule has 222 valence electrons. The van der Waals surface area contributed by atoms with Crippen molar-refractivity contribution in [3.05, 3.63) is 86.8 Å². The van der Waals surface area contributed by atoms with E-state index in [1.54, 1.807) is 0 Å². The van der Waals surface area contributed by atoms with Gasteiger partial charge in [0, 0.05) is 17.8 Å². The van der Waals surface area contributed by atoms with Crippen molar-refractivity contribution in [3.8, 4) is 5.75 Å². The number of rotatable bonds is 9. The molecule has 1 aromatic heterocycles. The number of anilines is 2. The molecule has 12 nitrogen and oxygen atoms in total. The minimum atomic E-state index is -1.95. The van der Waals surface area contributed by atoms with Crippen LogP contribution < -0.4 is 26.8 Å². The van der Waals surface area contributed by atoms with Crippen LogP contribution in [-0.2, 0) is 14.4 Å². The highest BCUT2D eigenvalue weighted by atomic mass is 35.5. The number of carboxylic acid groups (broad SMARTS) is 1. The first-order valence-electron chi connectivity index (χ1n) is 11.6. The van der Waals surface area contributed by atoms with Crippen LogP contribution in [0.2, 0.25) is 5.02 Å². The number of carbonyl (C=O) groups excluding carboxylic acids is 3. The molecule has 5 N–H and O–H groups in total. The summed E-state index contributed by atoms with van der Waals surface area (Å²) in [6.45, 7) is -1.34. The molecule has 0 aliphatic rings. The van der Waals surface area contributed by atoms with E-state index in [0.717, 1.165) is 4.57 Å². The summed E-state index contributed by atoms with van der Waals surface area (Å²) < 4.78 is 59.8. The summed E-state index contributed by atoms with van der Waals surface area (Å²) in [4.78, 5) is 62.2. The Kier molecular flexibility index (Phi) is 9.74. The van der Waals surface area contributed by atoms with Crippen LogP contribution in [0.1, 0.15) is 23.3 Å². The lowest BCUT2D eigenvalue weighted by Crippen LogP contribution is -2.52. The fraction of sp³-hybridized carbons (Fsp3) is 0.160. The van der Waals surface area contributed by atoms with Gasteiger partial charge in [-0.2, -0.15) is 8.78 Å². The average Bonchev–Trinajstić information content (AvgIpc) is 2.93. The van der Waals surface area contributed by atoms with Gasteiger partial charge in [-0.05, 0) is 37.3 Å². The van der Waals surface area contributed by atoms with Crippen LogP contribution >= 0.6 is 11.6 Å². The lowest BCUT2D eigenvalue weighted by atomic mass is 10.2. The summed E-state index contributed by atoms with van der Waals surface area (Å²) in [5.74, 6) is -14.0. The number of nitrogens with zero attached hydrogens (tertiary/aromatic N) is 2. The molecular formula is C25H20ClF4N5O7. The van der Waals surface area contributed by atoms with Gasteiger partial charge in [0.2, 0.25) is 11.6 Å². The molecule has 0 saturated carbocycles. The summed E-state index contributed by atoms with van der Waals surface area (Å²) in [5.41, 5.74) is 6.72. The van der Waals surface area contributed by atoms with Crippen LogP contribution in [0, 0.1) is 23.3 Å². The minimum absolute atomic E-state index is 0.0700. The molecule has 3 amide bonds. The molecular weight excluding hydrogens is 594 g/mol. The molecule has 0 aliphatic carbocycles. The Hall–Kier alpha value is -5.12. The molecule has 3 rings (SSSR count). The van der Waals surface area contributed by atoms with E-state index in [2.05, 4.69) is 10.1 Å². The third-order valence-electron chi connectivity index (χ3n) is 5.53. The van der Waals surface area contributed by atoms with Crippen molar-refractivity contribution in [3.63, 3.8) is 0 Å². The second kappa shape index (κ2) is 13.0. The van der Waals surface area contributed by atoms with Crippen LogP contribution in [0.15, 0.2) is 47.4 Å². The number of ether oxygens (including phenoxy) is 1. The lowest BCUT2D eigenvalue weighted by Gasteiger charge is -2.24. The zero-order valence-corrected chi connectivity index (χ0v) is 22.0. The van der Waals surface area contributed by atoms with Crippen LogP contribution in [0.3, 0.4) is 0 Å². The number of nitrogens with one attached hydrogen (secondary N) is 2. The van der Waals surface area contributed by atoms with Crippen molar-refractivity contribution in [1.29, 1.82) is 0 Å². The maximum absolute atomic E-state index is 13.8. The molecule has 42 heavy (non-hydrogen) atoms. The smallest absolute Gasteiger partial charge is 0.325 e. The zero-order valence-electron chi connectivity index (χ0n) is 21.3. The first-order chi connectivity index (χ1) is 19.7. The minimum Gasteiger partial charge on any atom is -0.480 e. The zero-order chi connectivity index (χ0) is 31.3. The Balaban J connectivity index is 1.76. The number of benzene rings is 2. The number of aromatic nitrogens is 1. The summed E-state index contributed by atoms with van der Waals surface area (Å²) >= 11 is 5.92. The maximum atomic E-state index is 13.8. The number of aliphatic carboxylic acids is 1. The normalized spacial score (nSPS) is 11.4. The van der Waals surface area contributed by atoms with Gasteiger partial charge in [-0.1, -0.05) is 11.6 Å². The Morgan fingerprint density at radius 3 is 2.33 bits per heavy atom. The van der Waals surface area contributed by atoms with Crippen molar-refractivity contribution >= 4 is 46.7 Å². The molecule has 0 fully saturated rings. The Labute approximate surface area is 238 Å². The van der Waals surface area contributed by atoms with Crippen LogP contribution in [0.25, 0.3) is 0 Å². The first-order valence-corrected chi connectivity index (χ1v) is 11.9. The largest absolute Gasteiger partial charge is 0.480 e. The molecule has 3 aromatic rings. The standard InChI is InChI=1S/C25H20ClF4N5O7/c1-11(34-6-2-3-17(25(34)41)32-24(40)12-4-5-16(31)13(26)7-12)23(39)33-35(9-19(37)38)18(36)10-42-22-20(29)14(27)8-15(28)21(22)30/h2-8,11H,9-10,31H2,1H3,(H,32,40)(H,33,39)(H,37,38). The first kappa shape index (κ1) is 31.4. The Morgan fingerprint density at radius 2 is 1.74 bits per heavy atom. The predicted octanol–water partition coefficient (Wildman–Crippen LogP) is 2.48. The van der Waals surface area contributed by atoms with Gasteiger partial charge in [-0.3, -0.25) is 29.4 Å². The van der Waals surface area contributed by atoms with Crippen molar-refractivity contribution in [1.82, 2.24) is 15.0 Å². The van der Waals surface area contributed by atoms with E-state index in [-0.39, 0.29) is 33.0 Å². The van der Waals surface area contributed by atoms with Crippen molar-refractivity contribution in [2.45, 2.75) is 13.0 Å². The summed E-state index contributed by atoms with van der Waals surface area (Å²) in [6, 6.07) is 5.06. The molecule has 17 heteroatoms. The van der Waals surface area contributed by atoms with Crippen LogP contribution in [0.4, 0.5) is 28.9 Å². The topological polar surface area (TPSA) is 173 Å². The highest BCUT2D eigenvalue weighted by Gasteiger charge is 2.27. The number of pyridine rings is 1. The highest BCUT2D eigenvalue weighted by molar-refractivity contribution is 6.33. The van der Waals surface area contributed by atoms with Gasteiger partial charge in [0.1, 0.15) is 18.3 Å². The van der Waals surface area contributed by atoms with Gasteiger partial charge >= 0.3 is 5.97 Å². The van der Waals surface area contributed by atoms with E-state index < -0.39 is 77.5 Å². The van der Waals surface area contributed by atoms with E-state index in [4.69, 9.17) is 22.4 Å². The van der Waals surface area contributed by atoms with Crippen molar-refractivity contribution in [2.24, 2.45) is 0 Å². The monoisotopic (exact) mass is 613 g/mol. The molecule has 1 unspecified atom stereocenters. The fourth-order valence-electron chi connectivity index (χ4n) is 3.34. The van der Waals surface area contributed by atoms with Crippen LogP contribution in [0.5, 0.6) is 5.75 Å². The average molecular weight is 614 g/mol. The number of nitrogen functional groups attached to an aromatic ring is 1. The second-order valence-electron chi connectivity index (χ2n) is 8.44. The predicted molar refractivity (Wildman–Crippen MR) is 138 cm³/mol. The number of hydrazine groups is 1. The summed E-state index contributed by atoms with van der Waals surface area (Å²) in [5, 5.41) is 11.8. The summed E-state index contributed by atoms with van der Waals surface area (Å²) in [6.07, 6.45) is 1.17. The number of hydrogen-bond acceptors (Lipinski definition) is 7. The third-order valence-corrected chi connectivity index (χ3v) is 5.86. The number of carbonyl (C=O) groups is 4. The van der Waals surface area contributed by atoms with E-state index in [1.165, 1.54) is 43.5 Å². The van der Waals surface area contributed by atoms with E-state index >= 15 is 0 Å². The van der Waals surface area contributed by atoms with E-state index in [1.807, 2.05) is 5.43 Å². The Bertz CT molecular complexity index is 1610. The number of carboxylic acids is 1. The van der Waals surface area contributed by atoms with Gasteiger partial charge in [0.25, 0.3) is 23.3 Å². The Morgan fingerprint density at radius 1 is 1.10 bits per heavy atom. The molecule has 0 saturated heterocycles. The van der Waals surface area contributed by atoms with Crippen molar-refractivity contribution < 1.29 is 46.6 Å². The molecule has 0 spiro atoms. The number of amides is 3. The van der Waals surface area contributed by atoms with E-state index in [0.29, 0.717) is 0 Å². The van der Waals surface area contributed by atoms with Gasteiger partial charge in [-0.15, -0.1) is 0 Å². The molecule has 1 atom stereocenters. The maximum Gasteiger partial charge on any atom is 0.325 e. The molecule has 0 aliphatic heterocycles. The molecule has 0 bridgehead atoms. The SMILES string of the molecule is CC(C(=O)NN(CC(=O)O)C(=O)COc1c(F)c(F)cc(F)c1F)n1cccc(NC(=O)c2ccc(N)c(Cl)c2)c1=O. The molecule has 2 aromatic carbocycles. The van der Waals surface area contributed by atoms with E-state index in [9.17, 15) is 41.5 Å². The quantitative estimate of drug-likeness (QED) is 0.123. The van der Waals surface area contributed by atoms with Crippen LogP contribution in [-0.4, -0.2) is 51.5 Å². The number of hydrogen-bond donors (Lipinski definition) is 4. The molecule has 0 radical (unpaired) electrons. The van der Waals surface area contributed by atoms with Gasteiger partial charge < -0.3 is 25.5 Å².